The van der Waals surface area contributed by atoms with E-state index in [0.29, 0.717) is 15.7 Å². The summed E-state index contributed by atoms with van der Waals surface area (Å²) in [5.74, 6) is 0. The molecule has 1 amide bonds. The van der Waals surface area contributed by atoms with E-state index in [1.807, 2.05) is 30.3 Å². The predicted octanol–water partition coefficient (Wildman–Crippen LogP) is 4.74. The van der Waals surface area contributed by atoms with Crippen LogP contribution in [-0.4, -0.2) is 6.09 Å². The van der Waals surface area contributed by atoms with Gasteiger partial charge in [0.1, 0.15) is 6.61 Å². The van der Waals surface area contributed by atoms with E-state index in [-0.39, 0.29) is 6.61 Å². The maximum atomic E-state index is 11.6. The van der Waals surface area contributed by atoms with E-state index in [1.54, 1.807) is 18.2 Å². The van der Waals surface area contributed by atoms with Crippen LogP contribution >= 0.6 is 23.2 Å². The van der Waals surface area contributed by atoms with Crippen molar-refractivity contribution in [3.05, 3.63) is 64.1 Å². The minimum absolute atomic E-state index is 0.209. The summed E-state index contributed by atoms with van der Waals surface area (Å²) in [5, 5.41) is 3.46. The standard InChI is InChI=1S/C14H11Cl2NO2/c15-11-6-12(16)8-13(7-11)17-14(18)19-9-10-4-2-1-3-5-10/h1-8H,9H2,(H,17,18). The zero-order chi connectivity index (χ0) is 13.7. The van der Waals surface area contributed by atoms with E-state index in [2.05, 4.69) is 5.32 Å². The number of amides is 1. The molecule has 0 fully saturated rings. The zero-order valence-electron chi connectivity index (χ0n) is 9.90. The lowest BCUT2D eigenvalue weighted by Crippen LogP contribution is -2.13. The first kappa shape index (κ1) is 13.7. The van der Waals surface area contributed by atoms with Gasteiger partial charge < -0.3 is 4.74 Å². The fraction of sp³-hybridized carbons (Fsp3) is 0.0714. The summed E-state index contributed by atoms with van der Waals surface area (Å²) in [4.78, 5) is 11.6. The van der Waals surface area contributed by atoms with Crippen molar-refractivity contribution >= 4 is 35.0 Å². The van der Waals surface area contributed by atoms with Gasteiger partial charge in [-0.25, -0.2) is 4.79 Å². The van der Waals surface area contributed by atoms with Crippen molar-refractivity contribution in [3.8, 4) is 0 Å². The lowest BCUT2D eigenvalue weighted by atomic mass is 10.2. The van der Waals surface area contributed by atoms with E-state index < -0.39 is 6.09 Å². The largest absolute Gasteiger partial charge is 0.444 e. The van der Waals surface area contributed by atoms with Crippen LogP contribution in [0, 0.1) is 0 Å². The summed E-state index contributed by atoms with van der Waals surface area (Å²) in [6.07, 6.45) is -0.554. The highest BCUT2D eigenvalue weighted by molar-refractivity contribution is 6.35. The van der Waals surface area contributed by atoms with Crippen LogP contribution in [0.15, 0.2) is 48.5 Å². The van der Waals surface area contributed by atoms with Crippen LogP contribution in [0.25, 0.3) is 0 Å². The topological polar surface area (TPSA) is 38.3 Å². The molecule has 5 heteroatoms. The van der Waals surface area contributed by atoms with Crippen LogP contribution < -0.4 is 5.32 Å². The molecule has 0 atom stereocenters. The van der Waals surface area contributed by atoms with Gasteiger partial charge in [-0.3, -0.25) is 5.32 Å². The Morgan fingerprint density at radius 1 is 1.05 bits per heavy atom. The number of rotatable bonds is 3. The van der Waals surface area contributed by atoms with Gasteiger partial charge in [-0.2, -0.15) is 0 Å². The van der Waals surface area contributed by atoms with E-state index >= 15 is 0 Å². The van der Waals surface area contributed by atoms with Crippen molar-refractivity contribution in [1.29, 1.82) is 0 Å². The number of halogens is 2. The molecule has 0 heterocycles. The smallest absolute Gasteiger partial charge is 0.411 e. The maximum Gasteiger partial charge on any atom is 0.411 e. The Balaban J connectivity index is 1.91. The second-order valence-corrected chi connectivity index (χ2v) is 4.72. The van der Waals surface area contributed by atoms with Crippen LogP contribution in [0.4, 0.5) is 10.5 Å². The number of nitrogens with one attached hydrogen (secondary N) is 1. The monoisotopic (exact) mass is 295 g/mol. The maximum absolute atomic E-state index is 11.6. The number of carbonyl (C=O) groups is 1. The predicted molar refractivity (Wildman–Crippen MR) is 76.7 cm³/mol. The molecule has 0 radical (unpaired) electrons. The molecular weight excluding hydrogens is 285 g/mol. The Bertz CT molecular complexity index is 553. The van der Waals surface area contributed by atoms with Gasteiger partial charge in [-0.15, -0.1) is 0 Å². The van der Waals surface area contributed by atoms with E-state index in [1.165, 1.54) is 0 Å². The third kappa shape index (κ3) is 4.47. The van der Waals surface area contributed by atoms with Crippen LogP contribution in [0.3, 0.4) is 0 Å². The molecule has 0 saturated heterocycles. The van der Waals surface area contributed by atoms with Gasteiger partial charge >= 0.3 is 6.09 Å². The van der Waals surface area contributed by atoms with Gasteiger partial charge in [-0.1, -0.05) is 53.5 Å². The van der Waals surface area contributed by atoms with Crippen molar-refractivity contribution in [1.82, 2.24) is 0 Å². The van der Waals surface area contributed by atoms with E-state index in [4.69, 9.17) is 27.9 Å². The summed E-state index contributed by atoms with van der Waals surface area (Å²) in [5.41, 5.74) is 1.41. The van der Waals surface area contributed by atoms with Crippen LogP contribution in [0.1, 0.15) is 5.56 Å². The average molecular weight is 296 g/mol. The molecule has 3 nitrogen and oxygen atoms in total. The average Bonchev–Trinajstić information content (AvgIpc) is 2.36. The Labute approximate surface area is 121 Å². The van der Waals surface area contributed by atoms with Crippen molar-refractivity contribution < 1.29 is 9.53 Å². The van der Waals surface area contributed by atoms with Gasteiger partial charge in [0, 0.05) is 15.7 Å². The highest BCUT2D eigenvalue weighted by atomic mass is 35.5. The molecule has 0 spiro atoms. The van der Waals surface area contributed by atoms with Crippen LogP contribution in [0.2, 0.25) is 10.0 Å². The molecule has 2 aromatic rings. The number of carbonyl (C=O) groups excluding carboxylic acids is 1. The van der Waals surface area contributed by atoms with Gasteiger partial charge in [0.15, 0.2) is 0 Å². The normalized spacial score (nSPS) is 10.0. The number of hydrogen-bond acceptors (Lipinski definition) is 2. The lowest BCUT2D eigenvalue weighted by molar-refractivity contribution is 0.155. The molecule has 0 bridgehead atoms. The first-order valence-corrected chi connectivity index (χ1v) is 6.33. The molecule has 0 aromatic heterocycles. The Morgan fingerprint density at radius 2 is 1.68 bits per heavy atom. The molecular formula is C14H11Cl2NO2. The third-order valence-electron chi connectivity index (χ3n) is 2.32. The molecule has 19 heavy (non-hydrogen) atoms. The van der Waals surface area contributed by atoms with Crippen LogP contribution in [0.5, 0.6) is 0 Å². The van der Waals surface area contributed by atoms with Gasteiger partial charge in [0.05, 0.1) is 0 Å². The number of benzene rings is 2. The summed E-state index contributed by atoms with van der Waals surface area (Å²) in [6, 6.07) is 14.2. The Hall–Kier alpha value is -1.71. The highest BCUT2D eigenvalue weighted by Crippen LogP contribution is 2.22. The third-order valence-corrected chi connectivity index (χ3v) is 2.76. The van der Waals surface area contributed by atoms with Crippen molar-refractivity contribution in [2.45, 2.75) is 6.61 Å². The minimum atomic E-state index is -0.554. The fourth-order valence-corrected chi connectivity index (χ4v) is 2.03. The second kappa shape index (κ2) is 6.45. The van der Waals surface area contributed by atoms with Crippen molar-refractivity contribution in [2.24, 2.45) is 0 Å². The summed E-state index contributed by atoms with van der Waals surface area (Å²) in [7, 11) is 0. The van der Waals surface area contributed by atoms with E-state index in [9.17, 15) is 4.79 Å². The zero-order valence-corrected chi connectivity index (χ0v) is 11.4. The number of ether oxygens (including phenoxy) is 1. The first-order chi connectivity index (χ1) is 9.13. The van der Waals surface area contributed by atoms with Gasteiger partial charge in [0.2, 0.25) is 0 Å². The molecule has 0 aliphatic heterocycles. The van der Waals surface area contributed by atoms with Crippen molar-refractivity contribution in [3.63, 3.8) is 0 Å². The number of anilines is 1. The SMILES string of the molecule is O=C(Nc1cc(Cl)cc(Cl)c1)OCc1ccccc1. The molecule has 0 unspecified atom stereocenters. The summed E-state index contributed by atoms with van der Waals surface area (Å²) >= 11 is 11.7. The quantitative estimate of drug-likeness (QED) is 0.888. The molecule has 2 rings (SSSR count). The number of hydrogen-bond donors (Lipinski definition) is 1. The first-order valence-electron chi connectivity index (χ1n) is 5.57. The molecule has 0 aliphatic carbocycles. The van der Waals surface area contributed by atoms with E-state index in [0.717, 1.165) is 5.56 Å². The molecule has 98 valence electrons. The summed E-state index contributed by atoms with van der Waals surface area (Å²) in [6.45, 7) is 0.209. The van der Waals surface area contributed by atoms with Crippen molar-refractivity contribution in [2.75, 3.05) is 5.32 Å². The Morgan fingerprint density at radius 3 is 2.32 bits per heavy atom. The fourth-order valence-electron chi connectivity index (χ4n) is 1.50. The highest BCUT2D eigenvalue weighted by Gasteiger charge is 2.05. The van der Waals surface area contributed by atoms with Gasteiger partial charge in [0.25, 0.3) is 0 Å². The molecule has 2 aromatic carbocycles. The second-order valence-electron chi connectivity index (χ2n) is 3.84. The lowest BCUT2D eigenvalue weighted by Gasteiger charge is -2.07. The minimum Gasteiger partial charge on any atom is -0.444 e. The van der Waals surface area contributed by atoms with Crippen LogP contribution in [-0.2, 0) is 11.3 Å². The summed E-state index contributed by atoms with van der Waals surface area (Å²) < 4.78 is 5.08. The van der Waals surface area contributed by atoms with Gasteiger partial charge in [-0.05, 0) is 23.8 Å². The molecule has 0 aliphatic rings. The Kier molecular flexibility index (Phi) is 4.66. The molecule has 1 N–H and O–H groups in total. The molecule has 0 saturated carbocycles.